The van der Waals surface area contributed by atoms with E-state index in [2.05, 4.69) is 4.98 Å². The summed E-state index contributed by atoms with van der Waals surface area (Å²) >= 11 is 0. The standard InChI is InChI=1S/C17H16F3N3O2S/c1-3-23(26(24,25)15-8-13(9-21)10-22-11-15)16(17(18,19)20)14-6-4-5-12(2)7-14/h4-8,10-11,16H,3H2,1-2H3. The summed E-state index contributed by atoms with van der Waals surface area (Å²) in [7, 11) is -4.53. The quantitative estimate of drug-likeness (QED) is 0.791. The van der Waals surface area contributed by atoms with Crippen LogP contribution in [0.4, 0.5) is 13.2 Å². The number of sulfonamides is 1. The maximum Gasteiger partial charge on any atom is 0.409 e. The van der Waals surface area contributed by atoms with E-state index in [4.69, 9.17) is 5.26 Å². The average molecular weight is 383 g/mol. The molecule has 0 bridgehead atoms. The van der Waals surface area contributed by atoms with Crippen LogP contribution in [0, 0.1) is 18.3 Å². The van der Waals surface area contributed by atoms with Gasteiger partial charge in [-0.25, -0.2) is 8.42 Å². The van der Waals surface area contributed by atoms with Gasteiger partial charge in [-0.2, -0.15) is 22.7 Å². The van der Waals surface area contributed by atoms with Crippen molar-refractivity contribution < 1.29 is 21.6 Å². The lowest BCUT2D eigenvalue weighted by Crippen LogP contribution is -2.42. The Kier molecular flexibility index (Phi) is 5.68. The second-order valence-corrected chi connectivity index (χ2v) is 7.48. The fraction of sp³-hybridized carbons (Fsp3) is 0.294. The summed E-state index contributed by atoms with van der Waals surface area (Å²) in [4.78, 5) is 3.18. The number of alkyl halides is 3. The highest BCUT2D eigenvalue weighted by molar-refractivity contribution is 7.89. The molecule has 138 valence electrons. The molecule has 1 atom stereocenters. The molecular weight excluding hydrogens is 367 g/mol. The number of nitrogens with zero attached hydrogens (tertiary/aromatic N) is 3. The number of aryl methyl sites for hydroxylation is 1. The molecule has 0 aliphatic heterocycles. The van der Waals surface area contributed by atoms with Gasteiger partial charge in [0.05, 0.1) is 5.56 Å². The molecule has 5 nitrogen and oxygen atoms in total. The first-order valence-electron chi connectivity index (χ1n) is 7.61. The SMILES string of the molecule is CCN(C(c1cccc(C)c1)C(F)(F)F)S(=O)(=O)c1cncc(C#N)c1. The Labute approximate surface area is 149 Å². The fourth-order valence-electron chi connectivity index (χ4n) is 2.61. The molecule has 1 aromatic heterocycles. The van der Waals surface area contributed by atoms with Gasteiger partial charge in [-0.3, -0.25) is 4.98 Å². The highest BCUT2D eigenvalue weighted by Gasteiger charge is 2.48. The van der Waals surface area contributed by atoms with Gasteiger partial charge < -0.3 is 0 Å². The Morgan fingerprint density at radius 1 is 1.27 bits per heavy atom. The van der Waals surface area contributed by atoms with E-state index in [-0.39, 0.29) is 11.1 Å². The van der Waals surface area contributed by atoms with Gasteiger partial charge in [-0.15, -0.1) is 0 Å². The van der Waals surface area contributed by atoms with Crippen LogP contribution >= 0.6 is 0 Å². The summed E-state index contributed by atoms with van der Waals surface area (Å²) in [5.74, 6) is 0. The lowest BCUT2D eigenvalue weighted by Gasteiger charge is -2.32. The second-order valence-electron chi connectivity index (χ2n) is 5.59. The average Bonchev–Trinajstić information content (AvgIpc) is 2.58. The van der Waals surface area contributed by atoms with Crippen molar-refractivity contribution in [3.63, 3.8) is 0 Å². The maximum absolute atomic E-state index is 13.8. The first kappa shape index (κ1) is 19.9. The van der Waals surface area contributed by atoms with Gasteiger partial charge in [0.1, 0.15) is 17.0 Å². The minimum Gasteiger partial charge on any atom is -0.262 e. The van der Waals surface area contributed by atoms with Crippen LogP contribution in [0.3, 0.4) is 0 Å². The minimum atomic E-state index is -4.82. The summed E-state index contributed by atoms with van der Waals surface area (Å²) in [6.07, 6.45) is -2.75. The zero-order chi connectivity index (χ0) is 19.5. The van der Waals surface area contributed by atoms with Gasteiger partial charge in [0.25, 0.3) is 0 Å². The van der Waals surface area contributed by atoms with Crippen LogP contribution in [-0.4, -0.2) is 30.4 Å². The first-order valence-corrected chi connectivity index (χ1v) is 9.05. The number of aromatic nitrogens is 1. The topological polar surface area (TPSA) is 74.1 Å². The zero-order valence-corrected chi connectivity index (χ0v) is 14.8. The van der Waals surface area contributed by atoms with Crippen molar-refractivity contribution in [3.05, 3.63) is 59.4 Å². The third-order valence-electron chi connectivity index (χ3n) is 3.72. The summed E-state index contributed by atoms with van der Waals surface area (Å²) in [6, 6.07) is 6.01. The summed E-state index contributed by atoms with van der Waals surface area (Å²) in [6.45, 7) is 2.55. The monoisotopic (exact) mass is 383 g/mol. The molecule has 0 aliphatic carbocycles. The molecule has 0 saturated heterocycles. The minimum absolute atomic E-state index is 0.0544. The third kappa shape index (κ3) is 4.03. The Balaban J connectivity index is 2.62. The van der Waals surface area contributed by atoms with Crippen molar-refractivity contribution in [2.45, 2.75) is 31.0 Å². The lowest BCUT2D eigenvalue weighted by molar-refractivity contribution is -0.173. The normalized spacial score (nSPS) is 13.4. The van der Waals surface area contributed by atoms with Gasteiger partial charge in [0.2, 0.25) is 10.0 Å². The van der Waals surface area contributed by atoms with Crippen molar-refractivity contribution in [1.82, 2.24) is 9.29 Å². The number of pyridine rings is 1. The fourth-order valence-corrected chi connectivity index (χ4v) is 4.21. The molecule has 0 amide bonds. The van der Waals surface area contributed by atoms with Crippen molar-refractivity contribution in [2.24, 2.45) is 0 Å². The van der Waals surface area contributed by atoms with Gasteiger partial charge in [-0.1, -0.05) is 36.8 Å². The molecule has 0 radical (unpaired) electrons. The molecule has 0 fully saturated rings. The zero-order valence-electron chi connectivity index (χ0n) is 14.0. The van der Waals surface area contributed by atoms with E-state index in [0.29, 0.717) is 9.87 Å². The van der Waals surface area contributed by atoms with E-state index in [1.165, 1.54) is 25.1 Å². The summed E-state index contributed by atoms with van der Waals surface area (Å²) in [5.41, 5.74) is 0.354. The van der Waals surface area contributed by atoms with Crippen molar-refractivity contribution in [3.8, 4) is 6.07 Å². The number of hydrogen-bond donors (Lipinski definition) is 0. The van der Waals surface area contributed by atoms with E-state index < -0.39 is 33.7 Å². The molecule has 0 N–H and O–H groups in total. The Morgan fingerprint density at radius 2 is 1.96 bits per heavy atom. The van der Waals surface area contributed by atoms with E-state index in [1.54, 1.807) is 19.1 Å². The van der Waals surface area contributed by atoms with Gasteiger partial charge in [-0.05, 0) is 18.6 Å². The smallest absolute Gasteiger partial charge is 0.262 e. The molecule has 26 heavy (non-hydrogen) atoms. The van der Waals surface area contributed by atoms with Gasteiger partial charge in [0, 0.05) is 18.9 Å². The molecular formula is C17H16F3N3O2S. The maximum atomic E-state index is 13.8. The van der Waals surface area contributed by atoms with Crippen molar-refractivity contribution in [2.75, 3.05) is 6.54 Å². The summed E-state index contributed by atoms with van der Waals surface area (Å²) in [5, 5.41) is 8.89. The van der Waals surface area contributed by atoms with Crippen LogP contribution in [0.25, 0.3) is 0 Å². The van der Waals surface area contributed by atoms with Crippen molar-refractivity contribution in [1.29, 1.82) is 5.26 Å². The predicted octanol–water partition coefficient (Wildman–Crippen LogP) is 3.58. The van der Waals surface area contributed by atoms with E-state index >= 15 is 0 Å². The van der Waals surface area contributed by atoms with Gasteiger partial charge in [0.15, 0.2) is 0 Å². The van der Waals surface area contributed by atoms with Crippen molar-refractivity contribution >= 4 is 10.0 Å². The highest BCUT2D eigenvalue weighted by Crippen LogP contribution is 2.40. The second kappa shape index (κ2) is 7.43. The molecule has 1 unspecified atom stereocenters. The number of halogens is 3. The summed E-state index contributed by atoms with van der Waals surface area (Å²) < 4.78 is 67.5. The number of rotatable bonds is 5. The molecule has 2 aromatic rings. The van der Waals surface area contributed by atoms with Crippen LogP contribution in [-0.2, 0) is 10.0 Å². The molecule has 1 heterocycles. The molecule has 9 heteroatoms. The molecule has 0 aliphatic rings. The largest absolute Gasteiger partial charge is 0.409 e. The number of hydrogen-bond acceptors (Lipinski definition) is 4. The molecule has 0 saturated carbocycles. The lowest BCUT2D eigenvalue weighted by atomic mass is 10.0. The molecule has 2 rings (SSSR count). The van der Waals surface area contributed by atoms with Crippen LogP contribution in [0.2, 0.25) is 0 Å². The van der Waals surface area contributed by atoms with Gasteiger partial charge >= 0.3 is 6.18 Å². The molecule has 0 spiro atoms. The third-order valence-corrected chi connectivity index (χ3v) is 5.62. The van der Waals surface area contributed by atoms with E-state index in [1.807, 2.05) is 0 Å². The number of nitriles is 1. The van der Waals surface area contributed by atoms with Crippen LogP contribution < -0.4 is 0 Å². The number of benzene rings is 1. The Morgan fingerprint density at radius 3 is 2.50 bits per heavy atom. The van der Waals surface area contributed by atoms with Crippen LogP contribution in [0.1, 0.15) is 29.7 Å². The predicted molar refractivity (Wildman–Crippen MR) is 88.5 cm³/mol. The van der Waals surface area contributed by atoms with Crippen LogP contribution in [0.15, 0.2) is 47.6 Å². The van der Waals surface area contributed by atoms with E-state index in [0.717, 1.165) is 18.5 Å². The Bertz CT molecular complexity index is 937. The first-order chi connectivity index (χ1) is 12.1. The Hall–Kier alpha value is -2.44. The molecule has 1 aromatic carbocycles. The van der Waals surface area contributed by atoms with E-state index in [9.17, 15) is 21.6 Å². The highest BCUT2D eigenvalue weighted by atomic mass is 32.2. The van der Waals surface area contributed by atoms with Crippen LogP contribution in [0.5, 0.6) is 0 Å².